The number of hydrogen-bond donors (Lipinski definition) is 3. The number of allylic oxidation sites excluding steroid dienone is 2. The lowest BCUT2D eigenvalue weighted by molar-refractivity contribution is -0.0808. The third kappa shape index (κ3) is 8.32. The minimum Gasteiger partial charge on any atom is -0.393 e. The summed E-state index contributed by atoms with van der Waals surface area (Å²) in [6.07, 6.45) is 8.08. The average molecular weight is 693 g/mol. The number of ether oxygens (including phenoxy) is 1. The fourth-order valence-corrected chi connectivity index (χ4v) is 8.70. The first kappa shape index (κ1) is 37.0. The normalized spacial score (nSPS) is 26.7. The SMILES string of the molecule is CC1=CCC[C@@]2(C)[C@@H](CC[C@@]2(O)CN(C[C@H]2CCCO2)C(=O)NC(C)C)c2ccc(cc2C(=O)c2ccc(-c3ccccc3)cc2)C[C@@H](O)CC1. The molecule has 1 saturated carbocycles. The van der Waals surface area contributed by atoms with Crippen LogP contribution in [0.1, 0.15) is 112 Å². The Kier molecular flexibility index (Phi) is 11.5. The molecule has 0 radical (unpaired) electrons. The van der Waals surface area contributed by atoms with Gasteiger partial charge in [-0.25, -0.2) is 4.79 Å². The molecule has 1 aliphatic heterocycles. The number of ketones is 1. The number of urea groups is 1. The van der Waals surface area contributed by atoms with Crippen LogP contribution in [0.3, 0.4) is 0 Å². The predicted octanol–water partition coefficient (Wildman–Crippen LogP) is 8.22. The van der Waals surface area contributed by atoms with E-state index in [9.17, 15) is 19.8 Å². The maximum absolute atomic E-state index is 14.6. The molecule has 2 bridgehead atoms. The number of carbonyl (C=O) groups is 2. The largest absolute Gasteiger partial charge is 0.393 e. The minimum atomic E-state index is -1.20. The molecule has 7 heteroatoms. The first-order chi connectivity index (χ1) is 24.5. The average Bonchev–Trinajstić information content (AvgIpc) is 3.72. The van der Waals surface area contributed by atoms with E-state index < -0.39 is 17.1 Å². The quantitative estimate of drug-likeness (QED) is 0.163. The van der Waals surface area contributed by atoms with Crippen LogP contribution >= 0.6 is 0 Å². The number of benzene rings is 3. The van der Waals surface area contributed by atoms with Crippen LogP contribution in [0.4, 0.5) is 4.79 Å². The van der Waals surface area contributed by atoms with Crippen molar-refractivity contribution in [3.8, 4) is 11.1 Å². The van der Waals surface area contributed by atoms with E-state index in [0.29, 0.717) is 56.4 Å². The van der Waals surface area contributed by atoms with Crippen molar-refractivity contribution < 1.29 is 24.5 Å². The van der Waals surface area contributed by atoms with E-state index in [-0.39, 0.29) is 36.4 Å². The summed E-state index contributed by atoms with van der Waals surface area (Å²) in [5, 5.41) is 27.0. The monoisotopic (exact) mass is 692 g/mol. The topological polar surface area (TPSA) is 99.1 Å². The Morgan fingerprint density at radius 1 is 0.980 bits per heavy atom. The van der Waals surface area contributed by atoms with Crippen molar-refractivity contribution >= 4 is 11.8 Å². The molecule has 0 unspecified atom stereocenters. The van der Waals surface area contributed by atoms with E-state index in [1.54, 1.807) is 4.90 Å². The molecule has 7 rings (SSSR count). The Bertz CT molecular complexity index is 1700. The zero-order chi connectivity index (χ0) is 36.2. The molecule has 272 valence electrons. The molecule has 5 atom stereocenters. The van der Waals surface area contributed by atoms with Gasteiger partial charge in [0, 0.05) is 35.7 Å². The molecule has 3 aromatic carbocycles. The number of hydrogen-bond acceptors (Lipinski definition) is 5. The van der Waals surface area contributed by atoms with Crippen LogP contribution in [-0.2, 0) is 11.2 Å². The second-order valence-corrected chi connectivity index (χ2v) is 15.8. The summed E-state index contributed by atoms with van der Waals surface area (Å²) in [5.74, 6) is -0.184. The van der Waals surface area contributed by atoms with E-state index in [0.717, 1.165) is 47.9 Å². The Morgan fingerprint density at radius 3 is 2.43 bits per heavy atom. The maximum Gasteiger partial charge on any atom is 0.317 e. The molecule has 1 heterocycles. The van der Waals surface area contributed by atoms with Gasteiger partial charge in [-0.15, -0.1) is 0 Å². The van der Waals surface area contributed by atoms with Crippen LogP contribution in [0.25, 0.3) is 11.1 Å². The zero-order valence-electron chi connectivity index (χ0n) is 30.9. The van der Waals surface area contributed by atoms with Gasteiger partial charge in [0.15, 0.2) is 5.78 Å². The highest BCUT2D eigenvalue weighted by atomic mass is 16.5. The first-order valence-corrected chi connectivity index (χ1v) is 19.0. The molecule has 1 saturated heterocycles. The molecule has 2 fully saturated rings. The van der Waals surface area contributed by atoms with E-state index in [4.69, 9.17) is 4.74 Å². The van der Waals surface area contributed by atoms with Crippen molar-refractivity contribution in [2.45, 2.75) is 115 Å². The molecule has 3 aromatic rings. The fourth-order valence-electron chi connectivity index (χ4n) is 8.70. The molecule has 4 aliphatic rings. The lowest BCUT2D eigenvalue weighted by Crippen LogP contribution is -2.57. The van der Waals surface area contributed by atoms with Crippen LogP contribution in [0.5, 0.6) is 0 Å². The van der Waals surface area contributed by atoms with E-state index in [1.165, 1.54) is 5.57 Å². The van der Waals surface area contributed by atoms with Crippen LogP contribution in [0.15, 0.2) is 84.4 Å². The second-order valence-electron chi connectivity index (χ2n) is 15.8. The number of nitrogens with zero attached hydrogens (tertiary/aromatic N) is 1. The van der Waals surface area contributed by atoms with Crippen molar-refractivity contribution in [3.05, 3.63) is 107 Å². The highest BCUT2D eigenvalue weighted by Gasteiger charge is 2.57. The number of carbonyl (C=O) groups excluding carboxylic acids is 2. The van der Waals surface area contributed by atoms with Gasteiger partial charge in [-0.2, -0.15) is 0 Å². The maximum atomic E-state index is 14.6. The summed E-state index contributed by atoms with van der Waals surface area (Å²) in [6, 6.07) is 23.8. The van der Waals surface area contributed by atoms with Gasteiger partial charge in [0.05, 0.1) is 24.4 Å². The van der Waals surface area contributed by atoms with Gasteiger partial charge in [0.25, 0.3) is 0 Å². The van der Waals surface area contributed by atoms with Crippen molar-refractivity contribution in [1.29, 1.82) is 0 Å². The summed E-state index contributed by atoms with van der Waals surface area (Å²) in [5.41, 5.74) is 4.62. The molecule has 3 aliphatic carbocycles. The Morgan fingerprint density at radius 2 is 1.73 bits per heavy atom. The molecule has 7 nitrogen and oxygen atoms in total. The number of aliphatic hydroxyl groups is 2. The van der Waals surface area contributed by atoms with Gasteiger partial charge in [0.1, 0.15) is 0 Å². The summed E-state index contributed by atoms with van der Waals surface area (Å²) in [6.45, 7) is 9.51. The minimum absolute atomic E-state index is 0.0408. The summed E-state index contributed by atoms with van der Waals surface area (Å²) >= 11 is 0. The van der Waals surface area contributed by atoms with Gasteiger partial charge in [-0.1, -0.05) is 85.3 Å². The lowest BCUT2D eigenvalue weighted by Gasteiger charge is -2.46. The Balaban J connectivity index is 1.39. The van der Waals surface area contributed by atoms with Crippen LogP contribution in [-0.4, -0.2) is 70.5 Å². The molecule has 2 amide bonds. The third-order valence-electron chi connectivity index (χ3n) is 11.8. The number of fused-ring (bicyclic) bond motifs is 8. The summed E-state index contributed by atoms with van der Waals surface area (Å²) in [4.78, 5) is 30.0. The highest BCUT2D eigenvalue weighted by Crippen LogP contribution is 2.59. The van der Waals surface area contributed by atoms with Gasteiger partial charge < -0.3 is 25.2 Å². The Labute approximate surface area is 304 Å². The van der Waals surface area contributed by atoms with Gasteiger partial charge in [-0.3, -0.25) is 4.79 Å². The smallest absolute Gasteiger partial charge is 0.317 e. The molecule has 0 aromatic heterocycles. The highest BCUT2D eigenvalue weighted by molar-refractivity contribution is 6.10. The molecule has 0 spiro atoms. The van der Waals surface area contributed by atoms with Crippen molar-refractivity contribution in [2.24, 2.45) is 5.41 Å². The van der Waals surface area contributed by atoms with Crippen molar-refractivity contribution in [2.75, 3.05) is 19.7 Å². The van der Waals surface area contributed by atoms with Gasteiger partial charge in [-0.05, 0) is 113 Å². The van der Waals surface area contributed by atoms with Crippen LogP contribution < -0.4 is 5.32 Å². The van der Waals surface area contributed by atoms with E-state index in [2.05, 4.69) is 49.5 Å². The number of rotatable bonds is 8. The number of nitrogens with one attached hydrogen (secondary N) is 1. The summed E-state index contributed by atoms with van der Waals surface area (Å²) in [7, 11) is 0. The van der Waals surface area contributed by atoms with Crippen LogP contribution in [0, 0.1) is 5.41 Å². The molecule has 51 heavy (non-hydrogen) atoms. The Hall–Kier alpha value is -3.78. The lowest BCUT2D eigenvalue weighted by atomic mass is 9.64. The number of aliphatic hydroxyl groups excluding tert-OH is 1. The van der Waals surface area contributed by atoms with Crippen LogP contribution in [0.2, 0.25) is 0 Å². The first-order valence-electron chi connectivity index (χ1n) is 19.0. The van der Waals surface area contributed by atoms with Gasteiger partial charge in [0.2, 0.25) is 0 Å². The van der Waals surface area contributed by atoms with E-state index in [1.807, 2.05) is 62.4 Å². The molecular formula is C44H56N2O5. The van der Waals surface area contributed by atoms with E-state index >= 15 is 0 Å². The molecule has 3 N–H and O–H groups in total. The second kappa shape index (κ2) is 15.9. The third-order valence-corrected chi connectivity index (χ3v) is 11.8. The summed E-state index contributed by atoms with van der Waals surface area (Å²) < 4.78 is 5.97. The predicted molar refractivity (Wildman–Crippen MR) is 203 cm³/mol. The van der Waals surface area contributed by atoms with Crippen molar-refractivity contribution in [1.82, 2.24) is 10.2 Å². The molecular weight excluding hydrogens is 636 g/mol. The van der Waals surface area contributed by atoms with Gasteiger partial charge >= 0.3 is 6.03 Å². The van der Waals surface area contributed by atoms with Crippen molar-refractivity contribution in [3.63, 3.8) is 0 Å². The standard InChI is InChI=1S/C44H56N2O5/c1-30(2)45-42(49)46(28-37-13-9-25-51-37)29-44(50)24-22-40-38-21-15-32(26-36(47)20-14-31(3)10-8-23-43(40,44)4)27-39(38)41(48)35-18-16-34(17-19-35)33-11-6-5-7-12-33/h5-7,10-12,15-19,21,27,30,36-37,40,47,50H,8-9,13-14,20,22-26,28-29H2,1-4H3,(H,45,49)/t36-,37+,40-,43-,44+/m0/s1. The zero-order valence-corrected chi connectivity index (χ0v) is 30.9. The number of amides is 2. The fraction of sp³-hybridized carbons (Fsp3) is 0.500.